The smallest absolute Gasteiger partial charge is 0.416 e. The van der Waals surface area contributed by atoms with Gasteiger partial charge in [-0.15, -0.1) is 0 Å². The van der Waals surface area contributed by atoms with Gasteiger partial charge in [-0.25, -0.2) is 19.2 Å². The highest BCUT2D eigenvalue weighted by atomic mass is 19.4. The van der Waals surface area contributed by atoms with Crippen molar-refractivity contribution in [2.24, 2.45) is 23.2 Å². The van der Waals surface area contributed by atoms with Crippen molar-refractivity contribution in [1.29, 1.82) is 0 Å². The third-order valence-corrected chi connectivity index (χ3v) is 14.6. The molecule has 2 N–H and O–H groups in total. The number of ether oxygens (including phenoxy) is 7. The van der Waals surface area contributed by atoms with Gasteiger partial charge in [0.05, 0.1) is 22.1 Å². The number of aliphatic carboxylic acids is 1. The van der Waals surface area contributed by atoms with Gasteiger partial charge < -0.3 is 53.0 Å². The van der Waals surface area contributed by atoms with Crippen molar-refractivity contribution in [1.82, 2.24) is 0 Å². The van der Waals surface area contributed by atoms with E-state index in [2.05, 4.69) is 4.74 Å². The zero-order valence-corrected chi connectivity index (χ0v) is 67.0. The van der Waals surface area contributed by atoms with Crippen LogP contribution < -0.4 is 0 Å². The van der Waals surface area contributed by atoms with Crippen molar-refractivity contribution >= 4 is 81.7 Å². The van der Waals surface area contributed by atoms with Crippen LogP contribution in [0.4, 0.5) is 13.2 Å². The van der Waals surface area contributed by atoms with Crippen LogP contribution in [0, 0.1) is 23.2 Å². The number of carbonyl (C=O) groups is 12. The fraction of sp³-hybridized carbons (Fsp3) is 0.654. The number of ketones is 4. The summed E-state index contributed by atoms with van der Waals surface area (Å²) in [5.74, 6) is -3.64. The number of carboxylic acid groups (broad SMARTS) is 1. The maximum Gasteiger partial charge on any atom is 0.416 e. The third-order valence-electron chi connectivity index (χ3n) is 14.6. The Morgan fingerprint density at radius 2 is 0.790 bits per heavy atom. The van der Waals surface area contributed by atoms with E-state index in [9.17, 15) is 75.8 Å². The SMILES string of the molecule is CC(=O)C(O)(C(=O)O)C(=O)OC(C)(C)C.CC(=O)CC(=O)OC(C)(C)C.CC(=O)CCCC(=O)OC(C)(C)C.CC(=O)CCCCCC(=O)OC(C)(C)C.CC(C)(C)OC(=O)C12CC3CC(CC(C3)C1)C2.CC(C)(C)OC(=O)c1ccc(C(F)(F)F)cc1.CC(C)(C)OC(=O)c1cccc2ccccc12. The van der Waals surface area contributed by atoms with E-state index in [0.717, 1.165) is 98.2 Å². The average Bonchev–Trinajstić information content (AvgIpc) is 0.725. The molecule has 1 unspecified atom stereocenters. The number of carboxylic acids is 1. The minimum Gasteiger partial charge on any atom is -0.478 e. The lowest BCUT2D eigenvalue weighted by Gasteiger charge is -2.55. The molecule has 0 amide bonds. The molecular weight excluding hydrogens is 1370 g/mol. The number of fused-ring (bicyclic) bond motifs is 1. The lowest BCUT2D eigenvalue weighted by atomic mass is 9.49. The van der Waals surface area contributed by atoms with Crippen LogP contribution in [0.5, 0.6) is 0 Å². The summed E-state index contributed by atoms with van der Waals surface area (Å²) in [6, 6.07) is 17.4. The quantitative estimate of drug-likeness (QED) is 0.0517. The number of esters is 7. The number of carbonyl (C=O) groups excluding carboxylic acids is 11. The van der Waals surface area contributed by atoms with Gasteiger partial charge in [0.15, 0.2) is 5.78 Å². The molecule has 0 aliphatic heterocycles. The molecule has 1 atom stereocenters. The summed E-state index contributed by atoms with van der Waals surface area (Å²) in [5, 5.41) is 20.0. The number of unbranched alkanes of at least 4 members (excludes halogenated alkanes) is 2. The Kier molecular flexibility index (Phi) is 38.2. The summed E-state index contributed by atoms with van der Waals surface area (Å²) in [4.78, 5) is 134. The van der Waals surface area contributed by atoms with Gasteiger partial charge in [-0.2, -0.15) is 13.2 Å². The Hall–Kier alpha value is -7.89. The molecule has 0 heterocycles. The second-order valence-electron chi connectivity index (χ2n) is 33.8. The van der Waals surface area contributed by atoms with Crippen molar-refractivity contribution in [3.63, 3.8) is 0 Å². The predicted octanol–water partition coefficient (Wildman–Crippen LogP) is 17.0. The van der Waals surface area contributed by atoms with Crippen molar-refractivity contribution in [2.45, 2.75) is 320 Å². The molecule has 4 aliphatic carbocycles. The summed E-state index contributed by atoms with van der Waals surface area (Å²) >= 11 is 0. The third kappa shape index (κ3) is 42.7. The lowest BCUT2D eigenvalue weighted by molar-refractivity contribution is -0.189. The van der Waals surface area contributed by atoms with Crippen LogP contribution in [0.3, 0.4) is 0 Å². The largest absolute Gasteiger partial charge is 0.478 e. The van der Waals surface area contributed by atoms with E-state index < -0.39 is 80.6 Å². The second kappa shape index (κ2) is 41.3. The predicted molar refractivity (Wildman–Crippen MR) is 392 cm³/mol. The number of rotatable bonds is 18. The van der Waals surface area contributed by atoms with E-state index in [4.69, 9.17) is 33.5 Å². The van der Waals surface area contributed by atoms with E-state index in [-0.39, 0.29) is 64.2 Å². The highest BCUT2D eigenvalue weighted by molar-refractivity contribution is 6.22. The van der Waals surface area contributed by atoms with E-state index in [1.807, 2.05) is 119 Å². The normalized spacial score (nSPS) is 17.2. The van der Waals surface area contributed by atoms with Crippen molar-refractivity contribution < 1.29 is 114 Å². The summed E-state index contributed by atoms with van der Waals surface area (Å²) in [6.07, 6.45) is 7.97. The number of aliphatic hydroxyl groups is 1. The van der Waals surface area contributed by atoms with Crippen LogP contribution in [0.2, 0.25) is 0 Å². The average molecular weight is 1490 g/mol. The first-order chi connectivity index (χ1) is 47.4. The molecule has 0 radical (unpaired) electrons. The molecule has 4 bridgehead atoms. The minimum absolute atomic E-state index is 0.0952. The Morgan fingerprint density at radius 1 is 0.419 bits per heavy atom. The fourth-order valence-electron chi connectivity index (χ4n) is 11.0. The molecule has 7 rings (SSSR count). The van der Waals surface area contributed by atoms with Crippen LogP contribution in [0.25, 0.3) is 10.8 Å². The Bertz CT molecular complexity index is 3330. The molecule has 3 aromatic rings. The zero-order chi connectivity index (χ0) is 81.9. The summed E-state index contributed by atoms with van der Waals surface area (Å²) in [6.45, 7) is 42.8. The topological polar surface area (TPSA) is 310 Å². The standard InChI is InChI=1S/C15H24O2.C15H16O2.C12H13F3O2.C12H22O3.C10H18O3.C9H14O6.C8H14O3/c1-14(2,3)17-13(16)15-7-10-4-11(8-15)6-12(5-10)9-15;1-15(2,3)17-14(16)13-10-6-8-11-7-4-5-9-12(11)13;1-11(2,3)17-10(16)8-4-6-9(7-5-8)12(13,14)15;1-10(13)8-6-5-7-9-11(14)15-12(2,3)4;1-8(11)6-5-7-9(12)13-10(2,3)4;1-5(10)9(14,6(11)12)7(13)15-8(2,3)4;1-6(9)5-7(10)11-8(2,3)4/h10-12H,4-9H2,1-3H3;4-10H,1-3H3;4-7H,1-3H3;5-9H2,1-4H3;5-7H2,1-4H3;14H,1-4H3,(H,11,12);5H2,1-4H3. The molecule has 0 aromatic heterocycles. The molecule has 0 saturated heterocycles. The van der Waals surface area contributed by atoms with Crippen LogP contribution in [0.1, 0.15) is 296 Å². The maximum absolute atomic E-state index is 12.5. The molecule has 105 heavy (non-hydrogen) atoms. The Morgan fingerprint density at radius 3 is 1.17 bits per heavy atom. The van der Waals surface area contributed by atoms with Crippen molar-refractivity contribution in [2.75, 3.05) is 0 Å². The fourth-order valence-corrected chi connectivity index (χ4v) is 11.0. The number of hydrogen-bond donors (Lipinski definition) is 2. The highest BCUT2D eigenvalue weighted by Gasteiger charge is 2.56. The minimum atomic E-state index is -4.40. The molecule has 24 heteroatoms. The molecule has 592 valence electrons. The molecular formula is C81H121F3O21. The van der Waals surface area contributed by atoms with Crippen LogP contribution >= 0.6 is 0 Å². The molecule has 4 fully saturated rings. The lowest BCUT2D eigenvalue weighted by Crippen LogP contribution is -2.54. The Balaban J connectivity index is 0.00000121. The van der Waals surface area contributed by atoms with Gasteiger partial charge in [0.1, 0.15) is 63.0 Å². The molecule has 4 saturated carbocycles. The first-order valence-corrected chi connectivity index (χ1v) is 35.6. The highest BCUT2D eigenvalue weighted by Crippen LogP contribution is 2.60. The van der Waals surface area contributed by atoms with Crippen molar-refractivity contribution in [3.8, 4) is 0 Å². The van der Waals surface area contributed by atoms with Gasteiger partial charge in [0.2, 0.25) is 0 Å². The first kappa shape index (κ1) is 97.1. The van der Waals surface area contributed by atoms with Gasteiger partial charge in [-0.1, -0.05) is 42.8 Å². The number of Topliss-reactive ketones (excluding diaryl/α,β-unsaturated/α-hetero) is 4. The molecule has 3 aromatic carbocycles. The molecule has 0 spiro atoms. The van der Waals surface area contributed by atoms with Gasteiger partial charge in [0.25, 0.3) is 0 Å². The number of halogens is 3. The number of benzene rings is 3. The maximum atomic E-state index is 12.5. The van der Waals surface area contributed by atoms with Gasteiger partial charge in [-0.3, -0.25) is 28.8 Å². The number of hydrogen-bond acceptors (Lipinski definition) is 20. The Labute approximate surface area is 620 Å². The van der Waals surface area contributed by atoms with Gasteiger partial charge in [-0.05, 0) is 290 Å². The van der Waals surface area contributed by atoms with Gasteiger partial charge in [0, 0.05) is 25.7 Å². The summed E-state index contributed by atoms with van der Waals surface area (Å²) in [5.41, 5.74) is -7.02. The summed E-state index contributed by atoms with van der Waals surface area (Å²) < 4.78 is 72.7. The summed E-state index contributed by atoms with van der Waals surface area (Å²) in [7, 11) is 0. The van der Waals surface area contributed by atoms with E-state index >= 15 is 0 Å². The van der Waals surface area contributed by atoms with Crippen LogP contribution in [-0.4, -0.2) is 126 Å². The van der Waals surface area contributed by atoms with E-state index in [1.165, 1.54) is 53.9 Å². The first-order valence-electron chi connectivity index (χ1n) is 35.6. The zero-order valence-electron chi connectivity index (χ0n) is 67.0. The monoisotopic (exact) mass is 1490 g/mol. The van der Waals surface area contributed by atoms with E-state index in [1.54, 1.807) is 54.5 Å². The van der Waals surface area contributed by atoms with Crippen LogP contribution in [-0.2, 0) is 87.3 Å². The second-order valence-corrected chi connectivity index (χ2v) is 33.8. The van der Waals surface area contributed by atoms with Crippen molar-refractivity contribution in [3.05, 3.63) is 83.4 Å². The van der Waals surface area contributed by atoms with Gasteiger partial charge >= 0.3 is 59.5 Å². The van der Waals surface area contributed by atoms with Crippen LogP contribution in [0.15, 0.2) is 66.7 Å². The van der Waals surface area contributed by atoms with E-state index in [0.29, 0.717) is 37.7 Å². The number of alkyl halides is 3. The molecule has 4 aliphatic rings. The molecule has 21 nitrogen and oxygen atoms in total.